The summed E-state index contributed by atoms with van der Waals surface area (Å²) in [4.78, 5) is 27.2. The zero-order valence-electron chi connectivity index (χ0n) is 16.0. The molecule has 1 saturated heterocycles. The number of nitrogens with one attached hydrogen (secondary N) is 2. The van der Waals surface area contributed by atoms with Gasteiger partial charge in [-0.05, 0) is 12.1 Å². The molecule has 2 aliphatic heterocycles. The van der Waals surface area contributed by atoms with E-state index in [1.165, 1.54) is 7.11 Å². The fourth-order valence-electron chi connectivity index (χ4n) is 2.92. The number of fused-ring (bicyclic) bond motifs is 1. The van der Waals surface area contributed by atoms with Crippen molar-refractivity contribution in [1.82, 2.24) is 20.3 Å². The lowest BCUT2D eigenvalue weighted by Crippen LogP contribution is -2.38. The lowest BCUT2D eigenvalue weighted by atomic mass is 10.2. The maximum absolute atomic E-state index is 12.3. The lowest BCUT2D eigenvalue weighted by molar-refractivity contribution is 0.122. The van der Waals surface area contributed by atoms with Crippen molar-refractivity contribution in [3.63, 3.8) is 0 Å². The maximum Gasteiger partial charge on any atom is 0.321 e. The van der Waals surface area contributed by atoms with Crippen LogP contribution in [-0.4, -0.2) is 67.6 Å². The average Bonchev–Trinajstić information content (AvgIpc) is 2.78. The summed E-state index contributed by atoms with van der Waals surface area (Å²) < 4.78 is 21.5. The highest BCUT2D eigenvalue weighted by Gasteiger charge is 2.17. The molecule has 2 N–H and O–H groups in total. The summed E-state index contributed by atoms with van der Waals surface area (Å²) in [6, 6.07) is 5.03. The minimum absolute atomic E-state index is 0.118. The fraction of sp³-hybridized carbons (Fsp3) is 0.444. The van der Waals surface area contributed by atoms with Gasteiger partial charge < -0.3 is 34.5 Å². The van der Waals surface area contributed by atoms with Gasteiger partial charge in [0.25, 0.3) is 0 Å². The molecule has 0 spiro atoms. The monoisotopic (exact) mass is 402 g/mol. The largest absolute Gasteiger partial charge is 0.486 e. The van der Waals surface area contributed by atoms with Crippen LogP contribution in [0.2, 0.25) is 0 Å². The van der Waals surface area contributed by atoms with Gasteiger partial charge in [0.05, 0.1) is 26.9 Å². The number of nitrogens with zero attached hydrogens (tertiary/aromatic N) is 4. The zero-order chi connectivity index (χ0) is 20.1. The zero-order valence-corrected chi connectivity index (χ0v) is 16.0. The Morgan fingerprint density at radius 3 is 2.69 bits per heavy atom. The third kappa shape index (κ3) is 4.74. The number of carbonyl (C=O) groups is 1. The number of urea groups is 1. The predicted molar refractivity (Wildman–Crippen MR) is 103 cm³/mol. The molecule has 0 radical (unpaired) electrons. The Morgan fingerprint density at radius 2 is 1.90 bits per heavy atom. The minimum atomic E-state index is -0.394. The van der Waals surface area contributed by atoms with Gasteiger partial charge in [0, 0.05) is 24.8 Å². The smallest absolute Gasteiger partial charge is 0.321 e. The van der Waals surface area contributed by atoms with Gasteiger partial charge >= 0.3 is 12.0 Å². The second kappa shape index (κ2) is 8.78. The molecule has 154 valence electrons. The number of hydrogen-bond acceptors (Lipinski definition) is 9. The predicted octanol–water partition coefficient (Wildman–Crippen LogP) is 0.810. The van der Waals surface area contributed by atoms with Crippen molar-refractivity contribution in [3.8, 4) is 17.5 Å². The number of anilines is 2. The Kier molecular flexibility index (Phi) is 5.75. The summed E-state index contributed by atoms with van der Waals surface area (Å²) in [5.41, 5.74) is 0.592. The first-order valence-corrected chi connectivity index (χ1v) is 9.27. The van der Waals surface area contributed by atoms with Gasteiger partial charge in [0.2, 0.25) is 5.95 Å². The molecule has 4 rings (SSSR count). The van der Waals surface area contributed by atoms with Gasteiger partial charge in [0.15, 0.2) is 17.3 Å². The summed E-state index contributed by atoms with van der Waals surface area (Å²) in [7, 11) is 1.49. The molecule has 1 fully saturated rings. The number of rotatable bonds is 5. The number of ether oxygens (including phenoxy) is 4. The van der Waals surface area contributed by atoms with Crippen LogP contribution in [0.4, 0.5) is 16.4 Å². The molecule has 11 nitrogen and oxygen atoms in total. The molecule has 29 heavy (non-hydrogen) atoms. The van der Waals surface area contributed by atoms with Gasteiger partial charge in [-0.25, -0.2) is 4.79 Å². The highest BCUT2D eigenvalue weighted by atomic mass is 16.6. The summed E-state index contributed by atoms with van der Waals surface area (Å²) in [6.45, 7) is 3.71. The van der Waals surface area contributed by atoms with Crippen molar-refractivity contribution in [3.05, 3.63) is 24.0 Å². The fourth-order valence-corrected chi connectivity index (χ4v) is 2.92. The molecule has 1 aromatic carbocycles. The van der Waals surface area contributed by atoms with Crippen molar-refractivity contribution in [2.75, 3.05) is 56.8 Å². The Bertz CT molecular complexity index is 874. The van der Waals surface area contributed by atoms with E-state index in [1.807, 2.05) is 4.90 Å². The first-order valence-electron chi connectivity index (χ1n) is 9.27. The minimum Gasteiger partial charge on any atom is -0.486 e. The Balaban J connectivity index is 1.38. The molecule has 0 aliphatic carbocycles. The number of amides is 2. The topological polar surface area (TPSA) is 120 Å². The van der Waals surface area contributed by atoms with Gasteiger partial charge in [0.1, 0.15) is 13.2 Å². The number of methoxy groups -OCH3 is 1. The van der Waals surface area contributed by atoms with Crippen molar-refractivity contribution in [1.29, 1.82) is 0 Å². The van der Waals surface area contributed by atoms with E-state index in [9.17, 15) is 4.79 Å². The molecule has 3 heterocycles. The van der Waals surface area contributed by atoms with Crippen molar-refractivity contribution in [2.45, 2.75) is 6.54 Å². The first-order chi connectivity index (χ1) is 14.2. The number of morpholine rings is 1. The van der Waals surface area contributed by atoms with E-state index in [0.717, 1.165) is 0 Å². The van der Waals surface area contributed by atoms with Gasteiger partial charge in [-0.1, -0.05) is 0 Å². The SMILES string of the molecule is COc1nc(CNC(=O)Nc2ccc3c(c2)OCCO3)nc(N2CCOCC2)n1. The van der Waals surface area contributed by atoms with Crippen molar-refractivity contribution >= 4 is 17.7 Å². The number of aromatic nitrogens is 3. The lowest BCUT2D eigenvalue weighted by Gasteiger charge is -2.26. The second-order valence-electron chi connectivity index (χ2n) is 6.30. The summed E-state index contributed by atoms with van der Waals surface area (Å²) in [6.07, 6.45) is 0. The maximum atomic E-state index is 12.3. The molecule has 0 atom stereocenters. The number of hydrogen-bond donors (Lipinski definition) is 2. The van der Waals surface area contributed by atoms with Crippen LogP contribution < -0.4 is 29.7 Å². The average molecular weight is 402 g/mol. The summed E-state index contributed by atoms with van der Waals surface area (Å²) in [5.74, 6) is 2.17. The van der Waals surface area contributed by atoms with Crippen molar-refractivity contribution in [2.24, 2.45) is 0 Å². The van der Waals surface area contributed by atoms with Crippen LogP contribution in [-0.2, 0) is 11.3 Å². The highest BCUT2D eigenvalue weighted by molar-refractivity contribution is 5.89. The Hall–Kier alpha value is -3.34. The molecule has 0 bridgehead atoms. The molecule has 0 saturated carbocycles. The molecule has 0 unspecified atom stereocenters. The third-order valence-electron chi connectivity index (χ3n) is 4.33. The molecule has 2 aliphatic rings. The quantitative estimate of drug-likeness (QED) is 0.748. The van der Waals surface area contributed by atoms with Crippen LogP contribution in [0.25, 0.3) is 0 Å². The first kappa shape index (κ1) is 19.0. The van der Waals surface area contributed by atoms with Crippen LogP contribution in [0.1, 0.15) is 5.82 Å². The van der Waals surface area contributed by atoms with Gasteiger partial charge in [-0.2, -0.15) is 15.0 Å². The van der Waals surface area contributed by atoms with Crippen LogP contribution in [0, 0.1) is 0 Å². The second-order valence-corrected chi connectivity index (χ2v) is 6.30. The molecule has 2 amide bonds. The van der Waals surface area contributed by atoms with E-state index >= 15 is 0 Å². The van der Waals surface area contributed by atoms with Crippen molar-refractivity contribution < 1.29 is 23.7 Å². The van der Waals surface area contributed by atoms with E-state index in [-0.39, 0.29) is 12.6 Å². The van der Waals surface area contributed by atoms with E-state index in [4.69, 9.17) is 18.9 Å². The van der Waals surface area contributed by atoms with Gasteiger partial charge in [-0.15, -0.1) is 0 Å². The van der Waals surface area contributed by atoms with E-state index in [0.29, 0.717) is 68.5 Å². The van der Waals surface area contributed by atoms with Crippen LogP contribution in [0.5, 0.6) is 17.5 Å². The summed E-state index contributed by atoms with van der Waals surface area (Å²) >= 11 is 0. The Morgan fingerprint density at radius 1 is 1.10 bits per heavy atom. The number of benzene rings is 1. The molecular weight excluding hydrogens is 380 g/mol. The number of carbonyl (C=O) groups excluding carboxylic acids is 1. The Labute approximate surface area is 167 Å². The third-order valence-corrected chi connectivity index (χ3v) is 4.33. The van der Waals surface area contributed by atoms with Gasteiger partial charge in [-0.3, -0.25) is 0 Å². The molecular formula is C18H22N6O5. The van der Waals surface area contributed by atoms with E-state index < -0.39 is 6.03 Å². The van der Waals surface area contributed by atoms with Crippen LogP contribution in [0.3, 0.4) is 0 Å². The van der Waals surface area contributed by atoms with E-state index in [1.54, 1.807) is 18.2 Å². The molecule has 1 aromatic heterocycles. The molecule has 11 heteroatoms. The normalized spacial score (nSPS) is 15.6. The highest BCUT2D eigenvalue weighted by Crippen LogP contribution is 2.32. The van der Waals surface area contributed by atoms with Crippen LogP contribution >= 0.6 is 0 Å². The van der Waals surface area contributed by atoms with E-state index in [2.05, 4.69) is 25.6 Å². The summed E-state index contributed by atoms with van der Waals surface area (Å²) in [5, 5.41) is 5.49. The van der Waals surface area contributed by atoms with Crippen LogP contribution in [0.15, 0.2) is 18.2 Å². The molecule has 2 aromatic rings. The standard InChI is InChI=1S/C18H22N6O5/c1-26-18-22-15(21-16(23-18)24-4-6-27-7-5-24)11-19-17(25)20-12-2-3-13-14(10-12)29-9-8-28-13/h2-3,10H,4-9,11H2,1H3,(H2,19,20,25).